The molecule has 0 aliphatic rings. The molecule has 0 saturated carbocycles. The number of rotatable bonds is 7. The number of hydrogen-bond donors (Lipinski definition) is 1. The molecular formula is C22H23N5OS. The predicted molar refractivity (Wildman–Crippen MR) is 116 cm³/mol. The maximum absolute atomic E-state index is 12.3. The summed E-state index contributed by atoms with van der Waals surface area (Å²) in [5, 5.41) is 3.79. The van der Waals surface area contributed by atoms with Crippen LogP contribution in [0.3, 0.4) is 0 Å². The molecule has 6 nitrogen and oxygen atoms in total. The number of carbonyl (C=O) groups excluding carboxylic acids is 1. The molecule has 4 rings (SSSR count). The van der Waals surface area contributed by atoms with Gasteiger partial charge in [-0.15, -0.1) is 0 Å². The molecule has 0 spiro atoms. The fourth-order valence-electron chi connectivity index (χ4n) is 3.20. The average molecular weight is 406 g/mol. The van der Waals surface area contributed by atoms with Crippen molar-refractivity contribution in [1.29, 1.82) is 0 Å². The zero-order chi connectivity index (χ0) is 20.2. The van der Waals surface area contributed by atoms with Crippen molar-refractivity contribution in [3.63, 3.8) is 0 Å². The summed E-state index contributed by atoms with van der Waals surface area (Å²) in [7, 11) is 0. The third-order valence-corrected chi connectivity index (χ3v) is 5.86. The number of nitrogens with zero attached hydrogens (tertiary/aromatic N) is 4. The Morgan fingerprint density at radius 2 is 2.03 bits per heavy atom. The van der Waals surface area contributed by atoms with Crippen molar-refractivity contribution in [3.05, 3.63) is 78.0 Å². The van der Waals surface area contributed by atoms with Crippen LogP contribution in [0, 0.1) is 13.8 Å². The lowest BCUT2D eigenvalue weighted by molar-refractivity contribution is -0.118. The van der Waals surface area contributed by atoms with Gasteiger partial charge in [0.1, 0.15) is 5.65 Å². The quantitative estimate of drug-likeness (QED) is 0.477. The van der Waals surface area contributed by atoms with E-state index >= 15 is 0 Å². The minimum Gasteiger partial charge on any atom is -0.355 e. The Balaban J connectivity index is 1.31. The topological polar surface area (TPSA) is 64.2 Å². The SMILES string of the molecule is Cc1cccc(-n2ccnc2SCC(=O)NCCc2cn3ccccc3n2)c1C. The summed E-state index contributed by atoms with van der Waals surface area (Å²) >= 11 is 1.44. The largest absolute Gasteiger partial charge is 0.355 e. The van der Waals surface area contributed by atoms with Gasteiger partial charge in [-0.3, -0.25) is 9.36 Å². The van der Waals surface area contributed by atoms with Gasteiger partial charge >= 0.3 is 0 Å². The van der Waals surface area contributed by atoms with Gasteiger partial charge < -0.3 is 9.72 Å². The molecule has 7 heteroatoms. The first-order chi connectivity index (χ1) is 14.1. The molecule has 1 aromatic carbocycles. The molecular weight excluding hydrogens is 382 g/mol. The Hall–Kier alpha value is -3.06. The lowest BCUT2D eigenvalue weighted by Crippen LogP contribution is -2.27. The van der Waals surface area contributed by atoms with Crippen molar-refractivity contribution in [1.82, 2.24) is 24.3 Å². The summed E-state index contributed by atoms with van der Waals surface area (Å²) < 4.78 is 4.02. The lowest BCUT2D eigenvalue weighted by Gasteiger charge is -2.12. The van der Waals surface area contributed by atoms with E-state index in [4.69, 9.17) is 0 Å². The second-order valence-electron chi connectivity index (χ2n) is 6.89. The molecule has 0 aliphatic carbocycles. The van der Waals surface area contributed by atoms with Gasteiger partial charge in [0.2, 0.25) is 5.91 Å². The highest BCUT2D eigenvalue weighted by Crippen LogP contribution is 2.24. The van der Waals surface area contributed by atoms with Gasteiger partial charge in [-0.1, -0.05) is 30.0 Å². The van der Waals surface area contributed by atoms with Gasteiger partial charge in [0, 0.05) is 37.8 Å². The van der Waals surface area contributed by atoms with Gasteiger partial charge in [-0.05, 0) is 43.2 Å². The number of hydrogen-bond acceptors (Lipinski definition) is 4. The molecule has 1 amide bonds. The number of nitrogens with one attached hydrogen (secondary N) is 1. The Kier molecular flexibility index (Phi) is 5.67. The van der Waals surface area contributed by atoms with Crippen LogP contribution in [0.1, 0.15) is 16.8 Å². The van der Waals surface area contributed by atoms with E-state index in [9.17, 15) is 4.79 Å². The average Bonchev–Trinajstić information content (AvgIpc) is 3.35. The third-order valence-electron chi connectivity index (χ3n) is 4.89. The summed E-state index contributed by atoms with van der Waals surface area (Å²) in [6, 6.07) is 12.1. The van der Waals surface area contributed by atoms with Crippen LogP contribution in [0.2, 0.25) is 0 Å². The molecule has 0 aliphatic heterocycles. The number of amides is 1. The molecule has 29 heavy (non-hydrogen) atoms. The van der Waals surface area contributed by atoms with Crippen LogP contribution in [-0.2, 0) is 11.2 Å². The lowest BCUT2D eigenvalue weighted by atomic mass is 10.1. The van der Waals surface area contributed by atoms with E-state index in [1.165, 1.54) is 22.9 Å². The van der Waals surface area contributed by atoms with E-state index in [-0.39, 0.29) is 5.91 Å². The number of fused-ring (bicyclic) bond motifs is 1. The van der Waals surface area contributed by atoms with Crippen LogP contribution in [0.5, 0.6) is 0 Å². The number of pyridine rings is 1. The van der Waals surface area contributed by atoms with Gasteiger partial charge in [0.25, 0.3) is 0 Å². The van der Waals surface area contributed by atoms with Gasteiger partial charge in [0.05, 0.1) is 17.1 Å². The summed E-state index contributed by atoms with van der Waals surface area (Å²) in [6.07, 6.45) is 8.38. The highest BCUT2D eigenvalue weighted by molar-refractivity contribution is 7.99. The monoisotopic (exact) mass is 405 g/mol. The Morgan fingerprint density at radius 1 is 1.14 bits per heavy atom. The van der Waals surface area contributed by atoms with Crippen LogP contribution >= 0.6 is 11.8 Å². The number of aryl methyl sites for hydroxylation is 1. The first kappa shape index (κ1) is 19.3. The summed E-state index contributed by atoms with van der Waals surface area (Å²) in [5.74, 6) is 0.321. The Bertz CT molecular complexity index is 1110. The maximum Gasteiger partial charge on any atom is 0.230 e. The Labute approximate surface area is 174 Å². The smallest absolute Gasteiger partial charge is 0.230 e. The van der Waals surface area contributed by atoms with Crippen LogP contribution in [0.4, 0.5) is 0 Å². The van der Waals surface area contributed by atoms with Crippen molar-refractivity contribution in [2.24, 2.45) is 0 Å². The second kappa shape index (κ2) is 8.53. The predicted octanol–water partition coefficient (Wildman–Crippen LogP) is 3.59. The van der Waals surface area contributed by atoms with Gasteiger partial charge in [-0.25, -0.2) is 9.97 Å². The minimum absolute atomic E-state index is 0.00530. The molecule has 4 aromatic rings. The minimum atomic E-state index is -0.00530. The zero-order valence-electron chi connectivity index (χ0n) is 16.5. The highest BCUT2D eigenvalue weighted by atomic mass is 32.2. The zero-order valence-corrected chi connectivity index (χ0v) is 17.3. The molecule has 3 aromatic heterocycles. The molecule has 0 unspecified atom stereocenters. The first-order valence-electron chi connectivity index (χ1n) is 9.54. The van der Waals surface area contributed by atoms with Crippen LogP contribution in [-0.4, -0.2) is 37.1 Å². The highest BCUT2D eigenvalue weighted by Gasteiger charge is 2.11. The summed E-state index contributed by atoms with van der Waals surface area (Å²) in [4.78, 5) is 21.2. The van der Waals surface area contributed by atoms with E-state index in [2.05, 4.69) is 41.3 Å². The third kappa shape index (κ3) is 4.35. The molecule has 0 radical (unpaired) electrons. The van der Waals surface area contributed by atoms with Gasteiger partial charge in [0.15, 0.2) is 5.16 Å². The van der Waals surface area contributed by atoms with Crippen LogP contribution in [0.25, 0.3) is 11.3 Å². The standard InChI is InChI=1S/C22H23N5OS/c1-16-6-5-7-19(17(16)2)27-13-11-24-22(27)29-15-21(28)23-10-9-18-14-26-12-4-3-8-20(26)25-18/h3-8,11-14H,9-10,15H2,1-2H3,(H,23,28). The molecule has 0 saturated heterocycles. The van der Waals surface area contributed by atoms with Crippen molar-refractivity contribution in [2.75, 3.05) is 12.3 Å². The maximum atomic E-state index is 12.3. The first-order valence-corrected chi connectivity index (χ1v) is 10.5. The van der Waals surface area contributed by atoms with E-state index in [0.717, 1.165) is 22.2 Å². The van der Waals surface area contributed by atoms with Crippen LogP contribution < -0.4 is 5.32 Å². The molecule has 0 atom stereocenters. The number of aromatic nitrogens is 4. The fourth-order valence-corrected chi connectivity index (χ4v) is 3.99. The molecule has 1 N–H and O–H groups in total. The number of thioether (sulfide) groups is 1. The summed E-state index contributed by atoms with van der Waals surface area (Å²) in [6.45, 7) is 4.76. The second-order valence-corrected chi connectivity index (χ2v) is 7.83. The normalized spacial score (nSPS) is 11.1. The van der Waals surface area contributed by atoms with Gasteiger partial charge in [-0.2, -0.15) is 0 Å². The number of carbonyl (C=O) groups is 1. The molecule has 3 heterocycles. The van der Waals surface area contributed by atoms with Crippen molar-refractivity contribution in [2.45, 2.75) is 25.4 Å². The van der Waals surface area contributed by atoms with Crippen molar-refractivity contribution < 1.29 is 4.79 Å². The summed E-state index contributed by atoms with van der Waals surface area (Å²) in [5.41, 5.74) is 5.43. The van der Waals surface area contributed by atoms with Crippen molar-refractivity contribution >= 4 is 23.3 Å². The number of imidazole rings is 2. The van der Waals surface area contributed by atoms with E-state index in [1.54, 1.807) is 6.20 Å². The van der Waals surface area contributed by atoms with Crippen LogP contribution in [0.15, 0.2) is 66.3 Å². The molecule has 148 valence electrons. The molecule has 0 fully saturated rings. The van der Waals surface area contributed by atoms with Crippen molar-refractivity contribution in [3.8, 4) is 5.69 Å². The van der Waals surface area contributed by atoms with E-state index in [0.29, 0.717) is 18.7 Å². The number of benzene rings is 1. The molecule has 0 bridgehead atoms. The Morgan fingerprint density at radius 3 is 2.90 bits per heavy atom. The fraction of sp³-hybridized carbons (Fsp3) is 0.227. The van der Waals surface area contributed by atoms with E-state index < -0.39 is 0 Å². The van der Waals surface area contributed by atoms with E-state index in [1.807, 2.05) is 51.8 Å².